The molecule has 1 aliphatic carbocycles. The number of carboxylic acids is 1. The molecule has 0 radical (unpaired) electrons. The lowest BCUT2D eigenvalue weighted by Crippen LogP contribution is -2.21. The number of aliphatic carboxylic acids is 1. The molecule has 0 saturated heterocycles. The second-order valence-electron chi connectivity index (χ2n) is 7.78. The van der Waals surface area contributed by atoms with Crippen molar-refractivity contribution >= 4 is 17.6 Å². The highest BCUT2D eigenvalue weighted by molar-refractivity contribution is 6.32. The molecule has 3 nitrogen and oxygen atoms in total. The van der Waals surface area contributed by atoms with Gasteiger partial charge in [0.05, 0.1) is 16.5 Å². The van der Waals surface area contributed by atoms with Crippen molar-refractivity contribution < 1.29 is 41.0 Å². The van der Waals surface area contributed by atoms with Crippen LogP contribution < -0.4 is 4.74 Å². The van der Waals surface area contributed by atoms with Gasteiger partial charge in [0, 0.05) is 5.56 Å². The van der Waals surface area contributed by atoms with Gasteiger partial charge in [-0.15, -0.1) is 0 Å². The molecule has 1 saturated carbocycles. The van der Waals surface area contributed by atoms with Gasteiger partial charge in [0.1, 0.15) is 5.75 Å². The van der Waals surface area contributed by atoms with Gasteiger partial charge in [-0.05, 0) is 47.7 Å². The van der Waals surface area contributed by atoms with Gasteiger partial charge in [0.2, 0.25) is 0 Å². The van der Waals surface area contributed by atoms with Crippen molar-refractivity contribution in [1.82, 2.24) is 0 Å². The summed E-state index contributed by atoms with van der Waals surface area (Å²) in [7, 11) is 0. The lowest BCUT2D eigenvalue weighted by Gasteiger charge is -2.28. The van der Waals surface area contributed by atoms with E-state index < -0.39 is 36.4 Å². The summed E-state index contributed by atoms with van der Waals surface area (Å²) in [5, 5.41) is 9.46. The zero-order valence-electron chi connectivity index (χ0n) is 16.6. The largest absolute Gasteiger partial charge is 0.482 e. The van der Waals surface area contributed by atoms with E-state index >= 15 is 0 Å². The molecule has 0 unspecified atom stereocenters. The Morgan fingerprint density at radius 2 is 1.72 bits per heavy atom. The highest BCUT2D eigenvalue weighted by atomic mass is 35.5. The van der Waals surface area contributed by atoms with Gasteiger partial charge in [-0.1, -0.05) is 43.0 Å². The van der Waals surface area contributed by atoms with Crippen LogP contribution in [0.3, 0.4) is 0 Å². The summed E-state index contributed by atoms with van der Waals surface area (Å²) in [4.78, 5) is 11.9. The van der Waals surface area contributed by atoms with Crippen molar-refractivity contribution in [1.29, 1.82) is 0 Å². The van der Waals surface area contributed by atoms with E-state index in [1.165, 1.54) is 12.1 Å². The standard InChI is InChI=1S/C22H19ClF6O3/c23-18-10-14(17(20(30)31)8-12-2-1-3-12)9-16(19(18)32-11-21(24,25)26)13-4-6-15(7-5-13)22(27,28)29/h4-7,9-10,12,17H,1-3,8,11H2,(H,30,31)/t17-/m0/s1. The minimum absolute atomic E-state index is 0.00895. The van der Waals surface area contributed by atoms with E-state index in [0.717, 1.165) is 43.5 Å². The molecule has 32 heavy (non-hydrogen) atoms. The van der Waals surface area contributed by atoms with Gasteiger partial charge in [-0.3, -0.25) is 4.79 Å². The number of hydrogen-bond donors (Lipinski definition) is 1. The van der Waals surface area contributed by atoms with E-state index in [4.69, 9.17) is 16.3 Å². The van der Waals surface area contributed by atoms with Crippen LogP contribution in [0.5, 0.6) is 5.75 Å². The van der Waals surface area contributed by atoms with E-state index in [1.54, 1.807) is 0 Å². The molecule has 1 aliphatic rings. The van der Waals surface area contributed by atoms with Gasteiger partial charge < -0.3 is 9.84 Å². The van der Waals surface area contributed by atoms with Gasteiger partial charge in [-0.2, -0.15) is 26.3 Å². The number of halogens is 7. The van der Waals surface area contributed by atoms with Gasteiger partial charge >= 0.3 is 18.3 Å². The molecule has 3 rings (SSSR count). The summed E-state index contributed by atoms with van der Waals surface area (Å²) in [5.41, 5.74) is -0.574. The number of ether oxygens (including phenoxy) is 1. The quantitative estimate of drug-likeness (QED) is 0.422. The first-order chi connectivity index (χ1) is 14.8. The van der Waals surface area contributed by atoms with E-state index in [0.29, 0.717) is 6.42 Å². The molecule has 2 aromatic rings. The monoisotopic (exact) mass is 480 g/mol. The van der Waals surface area contributed by atoms with Crippen LogP contribution in [0.4, 0.5) is 26.3 Å². The first-order valence-corrected chi connectivity index (χ1v) is 10.2. The fourth-order valence-corrected chi connectivity index (χ4v) is 3.89. The normalized spacial score (nSPS) is 15.8. The van der Waals surface area contributed by atoms with Crippen LogP contribution in [0, 0.1) is 5.92 Å². The molecule has 10 heteroatoms. The molecule has 0 spiro atoms. The zero-order chi connectivity index (χ0) is 23.7. The van der Waals surface area contributed by atoms with Gasteiger partial charge in [0.15, 0.2) is 6.61 Å². The Hall–Kier alpha value is -2.42. The second kappa shape index (κ2) is 9.21. The predicted octanol–water partition coefficient (Wildman–Crippen LogP) is 7.33. The van der Waals surface area contributed by atoms with Crippen LogP contribution in [-0.2, 0) is 11.0 Å². The number of rotatable bonds is 7. The third-order valence-electron chi connectivity index (χ3n) is 5.46. The van der Waals surface area contributed by atoms with E-state index in [1.807, 2.05) is 0 Å². The Bertz CT molecular complexity index is 965. The van der Waals surface area contributed by atoms with E-state index in [9.17, 15) is 36.2 Å². The van der Waals surface area contributed by atoms with Crippen molar-refractivity contribution in [3.8, 4) is 16.9 Å². The minimum atomic E-state index is -4.67. The van der Waals surface area contributed by atoms with Crippen LogP contribution >= 0.6 is 11.6 Å². The van der Waals surface area contributed by atoms with Crippen LogP contribution in [-0.4, -0.2) is 23.9 Å². The Balaban J connectivity index is 2.06. The highest BCUT2D eigenvalue weighted by Crippen LogP contribution is 2.43. The molecule has 0 aromatic heterocycles. The van der Waals surface area contributed by atoms with Crippen molar-refractivity contribution in [3.63, 3.8) is 0 Å². The minimum Gasteiger partial charge on any atom is -0.482 e. The second-order valence-corrected chi connectivity index (χ2v) is 8.19. The maximum Gasteiger partial charge on any atom is 0.422 e. The first-order valence-electron chi connectivity index (χ1n) is 9.78. The highest BCUT2D eigenvalue weighted by Gasteiger charge is 2.33. The van der Waals surface area contributed by atoms with Crippen molar-refractivity contribution in [2.24, 2.45) is 5.92 Å². The van der Waals surface area contributed by atoms with Crippen molar-refractivity contribution in [2.45, 2.75) is 44.0 Å². The molecule has 0 bridgehead atoms. The Morgan fingerprint density at radius 3 is 2.19 bits per heavy atom. The smallest absolute Gasteiger partial charge is 0.422 e. The van der Waals surface area contributed by atoms with Crippen LogP contribution in [0.15, 0.2) is 36.4 Å². The number of carboxylic acid groups (broad SMARTS) is 1. The number of alkyl halides is 6. The van der Waals surface area contributed by atoms with E-state index in [-0.39, 0.29) is 33.4 Å². The van der Waals surface area contributed by atoms with Crippen molar-refractivity contribution in [3.05, 3.63) is 52.5 Å². The summed E-state index contributed by atoms with van der Waals surface area (Å²) in [5.74, 6) is -2.23. The van der Waals surface area contributed by atoms with Crippen molar-refractivity contribution in [2.75, 3.05) is 6.61 Å². The van der Waals surface area contributed by atoms with Crippen LogP contribution in [0.1, 0.15) is 42.7 Å². The molecule has 0 aliphatic heterocycles. The number of carbonyl (C=O) groups is 1. The molecular formula is C22H19ClF6O3. The maximum atomic E-state index is 12.9. The molecular weight excluding hydrogens is 462 g/mol. The lowest BCUT2D eigenvalue weighted by atomic mass is 9.77. The average Bonchev–Trinajstić information content (AvgIpc) is 2.64. The third kappa shape index (κ3) is 5.88. The topological polar surface area (TPSA) is 46.5 Å². The first kappa shape index (κ1) is 24.2. The zero-order valence-corrected chi connectivity index (χ0v) is 17.3. The Morgan fingerprint density at radius 1 is 1.09 bits per heavy atom. The summed E-state index contributed by atoms with van der Waals surface area (Å²) in [6.45, 7) is -1.66. The molecule has 1 fully saturated rings. The third-order valence-corrected chi connectivity index (χ3v) is 5.74. The number of hydrogen-bond acceptors (Lipinski definition) is 2. The summed E-state index contributed by atoms with van der Waals surface area (Å²) < 4.78 is 81.7. The molecule has 1 atom stereocenters. The number of benzene rings is 2. The fraction of sp³-hybridized carbons (Fsp3) is 0.409. The summed E-state index contributed by atoms with van der Waals surface area (Å²) >= 11 is 6.19. The Kier molecular flexibility index (Phi) is 6.97. The van der Waals surface area contributed by atoms with Crippen LogP contribution in [0.2, 0.25) is 5.02 Å². The molecule has 0 heterocycles. The maximum absolute atomic E-state index is 12.9. The van der Waals surface area contributed by atoms with Gasteiger partial charge in [-0.25, -0.2) is 0 Å². The van der Waals surface area contributed by atoms with Gasteiger partial charge in [0.25, 0.3) is 0 Å². The predicted molar refractivity (Wildman–Crippen MR) is 106 cm³/mol. The molecule has 2 aromatic carbocycles. The summed E-state index contributed by atoms with van der Waals surface area (Å²) in [6.07, 6.45) is -6.16. The van der Waals surface area contributed by atoms with E-state index in [2.05, 4.69) is 0 Å². The fourth-order valence-electron chi connectivity index (χ4n) is 3.61. The molecule has 1 N–H and O–H groups in total. The molecule has 174 valence electrons. The Labute approximate surface area is 184 Å². The lowest BCUT2D eigenvalue weighted by molar-refractivity contribution is -0.153. The molecule has 0 amide bonds. The SMILES string of the molecule is O=C(O)[C@@H](CC1CCC1)c1cc(Cl)c(OCC(F)(F)F)c(-c2ccc(C(F)(F)F)cc2)c1. The average molecular weight is 481 g/mol. The van der Waals surface area contributed by atoms with Crippen LogP contribution in [0.25, 0.3) is 11.1 Å². The summed E-state index contributed by atoms with van der Waals surface area (Å²) in [6, 6.07) is 6.32.